The number of benzene rings is 2. The number of amides is 1. The minimum Gasteiger partial charge on any atom is -0.340 e. The Morgan fingerprint density at radius 3 is 2.59 bits per heavy atom. The Kier molecular flexibility index (Phi) is 7.34. The maximum absolute atomic E-state index is 14.5. The Labute approximate surface area is 194 Å². The van der Waals surface area contributed by atoms with Gasteiger partial charge in [0.1, 0.15) is 5.82 Å². The molecule has 0 saturated heterocycles. The topological polar surface area (TPSA) is 51.0 Å². The first-order valence-electron chi connectivity index (χ1n) is 10.2. The minimum atomic E-state index is -0.343. The molecule has 32 heavy (non-hydrogen) atoms. The average molecular weight is 467 g/mol. The molecule has 0 radical (unpaired) electrons. The number of carbonyl (C=O) groups excluding carboxylic acids is 1. The van der Waals surface area contributed by atoms with Gasteiger partial charge in [-0.3, -0.25) is 4.79 Å². The first kappa shape index (κ1) is 22.2. The minimum absolute atomic E-state index is 0.00783. The van der Waals surface area contributed by atoms with E-state index in [4.69, 9.17) is 0 Å². The molecule has 0 aliphatic rings. The normalized spacial score (nSPS) is 10.9. The standard InChI is InChI=1S/C24H23FN4OS2/c1-28(16-19-10-7-15-31-19)22(30)17-32-24-27-26-23(20-11-5-6-12-21(20)25)29(24)14-13-18-8-3-2-4-9-18/h2-12,15H,13-14,16-17H2,1H3. The molecule has 5 nitrogen and oxygen atoms in total. The highest BCUT2D eigenvalue weighted by Crippen LogP contribution is 2.26. The average Bonchev–Trinajstić information content (AvgIpc) is 3.47. The molecule has 0 unspecified atom stereocenters. The van der Waals surface area contributed by atoms with E-state index in [1.165, 1.54) is 23.4 Å². The highest BCUT2D eigenvalue weighted by molar-refractivity contribution is 7.99. The molecule has 8 heteroatoms. The molecule has 0 aliphatic heterocycles. The van der Waals surface area contributed by atoms with E-state index in [2.05, 4.69) is 22.3 Å². The predicted octanol–water partition coefficient (Wildman–Crippen LogP) is 5.14. The van der Waals surface area contributed by atoms with Gasteiger partial charge in [0.05, 0.1) is 17.9 Å². The Bertz CT molecular complexity index is 1160. The number of thioether (sulfide) groups is 1. The van der Waals surface area contributed by atoms with Gasteiger partial charge in [-0.1, -0.05) is 60.3 Å². The lowest BCUT2D eigenvalue weighted by Crippen LogP contribution is -2.27. The summed E-state index contributed by atoms with van der Waals surface area (Å²) in [4.78, 5) is 15.5. The Hall–Kier alpha value is -2.97. The summed E-state index contributed by atoms with van der Waals surface area (Å²) >= 11 is 2.96. The summed E-state index contributed by atoms with van der Waals surface area (Å²) in [6.07, 6.45) is 0.750. The molecule has 0 bridgehead atoms. The molecule has 0 atom stereocenters. The number of aryl methyl sites for hydroxylation is 1. The first-order chi connectivity index (χ1) is 15.6. The van der Waals surface area contributed by atoms with Crippen molar-refractivity contribution >= 4 is 29.0 Å². The van der Waals surface area contributed by atoms with Crippen LogP contribution in [0, 0.1) is 5.82 Å². The first-order valence-corrected chi connectivity index (χ1v) is 12.1. The van der Waals surface area contributed by atoms with Gasteiger partial charge in [0.15, 0.2) is 11.0 Å². The third kappa shape index (κ3) is 5.44. The maximum Gasteiger partial charge on any atom is 0.233 e. The van der Waals surface area contributed by atoms with Gasteiger partial charge < -0.3 is 9.47 Å². The van der Waals surface area contributed by atoms with Crippen molar-refractivity contribution in [3.63, 3.8) is 0 Å². The third-order valence-corrected chi connectivity index (χ3v) is 6.83. The molecular weight excluding hydrogens is 443 g/mol. The van der Waals surface area contributed by atoms with Crippen molar-refractivity contribution < 1.29 is 9.18 Å². The summed E-state index contributed by atoms with van der Waals surface area (Å²) in [5, 5.41) is 11.2. The molecular formula is C24H23FN4OS2. The van der Waals surface area contributed by atoms with Crippen LogP contribution in [0.4, 0.5) is 4.39 Å². The largest absolute Gasteiger partial charge is 0.340 e. The fourth-order valence-corrected chi connectivity index (χ4v) is 4.95. The van der Waals surface area contributed by atoms with Crippen LogP contribution < -0.4 is 0 Å². The molecule has 4 rings (SSSR count). The highest BCUT2D eigenvalue weighted by atomic mass is 32.2. The summed E-state index contributed by atoms with van der Waals surface area (Å²) in [6.45, 7) is 1.17. The lowest BCUT2D eigenvalue weighted by Gasteiger charge is -2.16. The van der Waals surface area contributed by atoms with Crippen LogP contribution >= 0.6 is 23.1 Å². The van der Waals surface area contributed by atoms with Gasteiger partial charge in [-0.2, -0.15) is 0 Å². The van der Waals surface area contributed by atoms with Crippen LogP contribution in [0.2, 0.25) is 0 Å². The predicted molar refractivity (Wildman–Crippen MR) is 127 cm³/mol. The van der Waals surface area contributed by atoms with Crippen molar-refractivity contribution in [3.05, 3.63) is 88.4 Å². The lowest BCUT2D eigenvalue weighted by molar-refractivity contribution is -0.127. The summed E-state index contributed by atoms with van der Waals surface area (Å²) in [6, 6.07) is 20.6. The summed E-state index contributed by atoms with van der Waals surface area (Å²) in [5.74, 6) is 0.376. The molecule has 2 heterocycles. The smallest absolute Gasteiger partial charge is 0.233 e. The second kappa shape index (κ2) is 10.6. The van der Waals surface area contributed by atoms with Gasteiger partial charge in [0.2, 0.25) is 5.91 Å². The Balaban J connectivity index is 1.51. The van der Waals surface area contributed by atoms with E-state index in [-0.39, 0.29) is 17.5 Å². The quantitative estimate of drug-likeness (QED) is 0.321. The van der Waals surface area contributed by atoms with E-state index >= 15 is 0 Å². The van der Waals surface area contributed by atoms with Crippen LogP contribution in [0.1, 0.15) is 10.4 Å². The highest BCUT2D eigenvalue weighted by Gasteiger charge is 2.19. The van der Waals surface area contributed by atoms with Crippen LogP contribution in [0.3, 0.4) is 0 Å². The molecule has 0 fully saturated rings. The molecule has 4 aromatic rings. The Morgan fingerprint density at radius 2 is 1.84 bits per heavy atom. The zero-order valence-electron chi connectivity index (χ0n) is 17.6. The third-order valence-electron chi connectivity index (χ3n) is 5.02. The van der Waals surface area contributed by atoms with Crippen LogP contribution in [0.25, 0.3) is 11.4 Å². The number of carbonyl (C=O) groups is 1. The van der Waals surface area contributed by atoms with Crippen molar-refractivity contribution in [3.8, 4) is 11.4 Å². The number of halogens is 1. The van der Waals surface area contributed by atoms with Gasteiger partial charge in [-0.15, -0.1) is 21.5 Å². The fourth-order valence-electron chi connectivity index (χ4n) is 3.29. The van der Waals surface area contributed by atoms with Crippen LogP contribution in [0.5, 0.6) is 0 Å². The number of thiophene rings is 1. The number of rotatable bonds is 9. The van der Waals surface area contributed by atoms with E-state index in [0.717, 1.165) is 11.3 Å². The monoisotopic (exact) mass is 466 g/mol. The van der Waals surface area contributed by atoms with Crippen LogP contribution in [0.15, 0.2) is 77.3 Å². The molecule has 0 N–H and O–H groups in total. The molecule has 1 amide bonds. The number of hydrogen-bond acceptors (Lipinski definition) is 5. The Morgan fingerprint density at radius 1 is 1.06 bits per heavy atom. The summed E-state index contributed by atoms with van der Waals surface area (Å²) in [5.41, 5.74) is 1.57. The van der Waals surface area contributed by atoms with Gasteiger partial charge in [-0.25, -0.2) is 4.39 Å². The van der Waals surface area contributed by atoms with Crippen molar-refractivity contribution in [1.82, 2.24) is 19.7 Å². The van der Waals surface area contributed by atoms with Gasteiger partial charge in [0.25, 0.3) is 0 Å². The van der Waals surface area contributed by atoms with E-state index in [1.807, 2.05) is 40.3 Å². The number of hydrogen-bond donors (Lipinski definition) is 0. The second-order valence-corrected chi connectivity index (χ2v) is 9.27. The van der Waals surface area contributed by atoms with Crippen LogP contribution in [-0.2, 0) is 24.3 Å². The van der Waals surface area contributed by atoms with Crippen molar-refractivity contribution in [2.24, 2.45) is 0 Å². The van der Waals surface area contributed by atoms with Crippen LogP contribution in [-0.4, -0.2) is 38.4 Å². The fraction of sp³-hybridized carbons (Fsp3) is 0.208. The zero-order chi connectivity index (χ0) is 22.3. The van der Waals surface area contributed by atoms with E-state index in [1.54, 1.807) is 41.5 Å². The second-order valence-electron chi connectivity index (χ2n) is 7.29. The molecule has 2 aromatic carbocycles. The number of aromatic nitrogens is 3. The summed E-state index contributed by atoms with van der Waals surface area (Å²) in [7, 11) is 1.80. The van der Waals surface area contributed by atoms with E-state index in [9.17, 15) is 9.18 Å². The molecule has 0 saturated carbocycles. The molecule has 164 valence electrons. The summed E-state index contributed by atoms with van der Waals surface area (Å²) < 4.78 is 16.4. The molecule has 0 aliphatic carbocycles. The van der Waals surface area contributed by atoms with E-state index < -0.39 is 0 Å². The lowest BCUT2D eigenvalue weighted by atomic mass is 10.1. The van der Waals surface area contributed by atoms with E-state index in [0.29, 0.717) is 29.6 Å². The zero-order valence-corrected chi connectivity index (χ0v) is 19.3. The van der Waals surface area contributed by atoms with Gasteiger partial charge in [-0.05, 0) is 35.6 Å². The number of nitrogens with zero attached hydrogens (tertiary/aromatic N) is 4. The molecule has 2 aromatic heterocycles. The van der Waals surface area contributed by atoms with Gasteiger partial charge >= 0.3 is 0 Å². The van der Waals surface area contributed by atoms with Crippen molar-refractivity contribution in [2.45, 2.75) is 24.7 Å². The van der Waals surface area contributed by atoms with Crippen molar-refractivity contribution in [2.75, 3.05) is 12.8 Å². The maximum atomic E-state index is 14.5. The SMILES string of the molecule is CN(Cc1cccs1)C(=O)CSc1nnc(-c2ccccc2F)n1CCc1ccccc1. The molecule has 0 spiro atoms. The van der Waals surface area contributed by atoms with Crippen molar-refractivity contribution in [1.29, 1.82) is 0 Å². The van der Waals surface area contributed by atoms with Gasteiger partial charge in [0, 0.05) is 18.5 Å².